The molecular formula is C27H31N5O3S. The van der Waals surface area contributed by atoms with Crippen LogP contribution in [-0.2, 0) is 4.79 Å². The number of rotatable bonds is 8. The molecule has 0 unspecified atom stereocenters. The van der Waals surface area contributed by atoms with Gasteiger partial charge in [0.05, 0.1) is 5.69 Å². The quantitative estimate of drug-likeness (QED) is 0.391. The van der Waals surface area contributed by atoms with Crippen molar-refractivity contribution in [3.8, 4) is 11.4 Å². The number of amides is 3. The lowest BCUT2D eigenvalue weighted by Crippen LogP contribution is -2.30. The van der Waals surface area contributed by atoms with Crippen LogP contribution in [0.5, 0.6) is 0 Å². The number of pyridine rings is 1. The van der Waals surface area contributed by atoms with E-state index in [4.69, 9.17) is 0 Å². The minimum atomic E-state index is -0.318. The summed E-state index contributed by atoms with van der Waals surface area (Å²) in [6, 6.07) is 11.9. The topological polar surface area (TPSA) is 113 Å². The van der Waals surface area contributed by atoms with Crippen molar-refractivity contribution in [2.45, 2.75) is 46.5 Å². The highest BCUT2D eigenvalue weighted by molar-refractivity contribution is 7.14. The molecule has 0 fully saturated rings. The molecule has 0 aliphatic heterocycles. The number of hydrogen-bond acceptors (Lipinski definition) is 6. The van der Waals surface area contributed by atoms with Crippen LogP contribution in [0.15, 0.2) is 65.3 Å². The van der Waals surface area contributed by atoms with Gasteiger partial charge < -0.3 is 10.6 Å². The van der Waals surface area contributed by atoms with Crippen molar-refractivity contribution in [2.24, 2.45) is 0 Å². The van der Waals surface area contributed by atoms with Crippen molar-refractivity contribution in [3.05, 3.63) is 76.4 Å². The first kappa shape index (κ1) is 26.7. The van der Waals surface area contributed by atoms with Gasteiger partial charge >= 0.3 is 0 Å². The molecule has 1 aliphatic carbocycles. The Kier molecular flexibility index (Phi) is 9.88. The molecular weight excluding hydrogens is 474 g/mol. The third-order valence-electron chi connectivity index (χ3n) is 5.48. The second-order valence-electron chi connectivity index (χ2n) is 7.95. The number of anilines is 1. The Morgan fingerprint density at radius 1 is 0.917 bits per heavy atom. The first-order valence-corrected chi connectivity index (χ1v) is 12.9. The maximum atomic E-state index is 12.5. The van der Waals surface area contributed by atoms with Crippen LogP contribution in [0.25, 0.3) is 11.4 Å². The highest BCUT2D eigenvalue weighted by atomic mass is 32.1. The largest absolute Gasteiger partial charge is 0.352 e. The SMILES string of the molecule is CC.CC1=C(NC(=O)CCNC(=O)c2ccc(C(=O)Nc3nc(-c4ccccn4)cs3)cc2)CCC1. The van der Waals surface area contributed by atoms with E-state index in [9.17, 15) is 14.4 Å². The number of thiazole rings is 1. The van der Waals surface area contributed by atoms with Gasteiger partial charge in [-0.15, -0.1) is 11.3 Å². The summed E-state index contributed by atoms with van der Waals surface area (Å²) in [6.07, 6.45) is 4.89. The fraction of sp³-hybridized carbons (Fsp3) is 0.296. The van der Waals surface area contributed by atoms with E-state index >= 15 is 0 Å². The van der Waals surface area contributed by atoms with Crippen LogP contribution >= 0.6 is 11.3 Å². The molecule has 0 saturated carbocycles. The molecule has 2 heterocycles. The molecule has 0 saturated heterocycles. The van der Waals surface area contributed by atoms with Crippen molar-refractivity contribution >= 4 is 34.2 Å². The molecule has 0 atom stereocenters. The normalized spacial score (nSPS) is 12.4. The van der Waals surface area contributed by atoms with Gasteiger partial charge in [-0.2, -0.15) is 0 Å². The zero-order valence-electron chi connectivity index (χ0n) is 20.8. The maximum Gasteiger partial charge on any atom is 0.257 e. The Balaban J connectivity index is 0.00000176. The van der Waals surface area contributed by atoms with Gasteiger partial charge in [-0.05, 0) is 62.6 Å². The molecule has 3 amide bonds. The monoisotopic (exact) mass is 505 g/mol. The average Bonchev–Trinajstić information content (AvgIpc) is 3.54. The Hall–Kier alpha value is -3.85. The Bertz CT molecular complexity index is 1220. The van der Waals surface area contributed by atoms with E-state index < -0.39 is 0 Å². The van der Waals surface area contributed by atoms with Crippen LogP contribution in [0.1, 0.15) is 67.2 Å². The number of nitrogens with one attached hydrogen (secondary N) is 3. The zero-order valence-corrected chi connectivity index (χ0v) is 21.6. The standard InChI is InChI=1S/C25H25N5O3S.C2H6/c1-16-5-4-7-19(16)28-22(31)12-14-27-23(32)17-8-10-18(11-9-17)24(33)30-25-29-21(15-34-25)20-6-2-3-13-26-20;1-2/h2-3,6,8-11,13,15H,4-5,7,12,14H2,1H3,(H,27,32)(H,28,31)(H,29,30,33);1-2H3. The molecule has 3 N–H and O–H groups in total. The summed E-state index contributed by atoms with van der Waals surface area (Å²) in [5, 5.41) is 10.7. The zero-order chi connectivity index (χ0) is 25.9. The molecule has 0 spiro atoms. The lowest BCUT2D eigenvalue weighted by Gasteiger charge is -2.09. The van der Waals surface area contributed by atoms with Gasteiger partial charge in [-0.3, -0.25) is 24.7 Å². The Morgan fingerprint density at radius 2 is 1.64 bits per heavy atom. The predicted octanol–water partition coefficient (Wildman–Crippen LogP) is 5.18. The second kappa shape index (κ2) is 13.3. The number of carbonyl (C=O) groups excluding carboxylic acids is 3. The molecule has 3 aromatic rings. The van der Waals surface area contributed by atoms with Crippen LogP contribution in [0.2, 0.25) is 0 Å². The minimum Gasteiger partial charge on any atom is -0.352 e. The van der Waals surface area contributed by atoms with Gasteiger partial charge in [0.25, 0.3) is 11.8 Å². The number of aromatic nitrogens is 2. The van der Waals surface area contributed by atoms with Gasteiger partial charge in [-0.25, -0.2) is 4.98 Å². The first-order chi connectivity index (χ1) is 17.5. The van der Waals surface area contributed by atoms with E-state index in [-0.39, 0.29) is 30.7 Å². The molecule has 0 radical (unpaired) electrons. The van der Waals surface area contributed by atoms with Crippen LogP contribution in [0, 0.1) is 0 Å². The highest BCUT2D eigenvalue weighted by Gasteiger charge is 2.15. The van der Waals surface area contributed by atoms with Crippen molar-refractivity contribution in [3.63, 3.8) is 0 Å². The summed E-state index contributed by atoms with van der Waals surface area (Å²) >= 11 is 1.31. The predicted molar refractivity (Wildman–Crippen MR) is 143 cm³/mol. The maximum absolute atomic E-state index is 12.5. The fourth-order valence-corrected chi connectivity index (χ4v) is 4.29. The average molecular weight is 506 g/mol. The van der Waals surface area contributed by atoms with Crippen molar-refractivity contribution < 1.29 is 14.4 Å². The minimum absolute atomic E-state index is 0.100. The van der Waals surface area contributed by atoms with Crippen LogP contribution < -0.4 is 16.0 Å². The summed E-state index contributed by atoms with van der Waals surface area (Å²) in [6.45, 7) is 6.27. The van der Waals surface area contributed by atoms with E-state index in [2.05, 4.69) is 25.9 Å². The second-order valence-corrected chi connectivity index (χ2v) is 8.81. The van der Waals surface area contributed by atoms with Gasteiger partial charge in [-0.1, -0.05) is 25.5 Å². The number of allylic oxidation sites excluding steroid dienone is 2. The van der Waals surface area contributed by atoms with Crippen molar-refractivity contribution in [2.75, 3.05) is 11.9 Å². The van der Waals surface area contributed by atoms with Gasteiger partial charge in [0.2, 0.25) is 5.91 Å². The third kappa shape index (κ3) is 7.32. The van der Waals surface area contributed by atoms with Crippen LogP contribution in [0.4, 0.5) is 5.13 Å². The van der Waals surface area contributed by atoms with Crippen LogP contribution in [-0.4, -0.2) is 34.2 Å². The molecule has 188 valence electrons. The molecule has 1 aromatic carbocycles. The molecule has 4 rings (SSSR count). The summed E-state index contributed by atoms with van der Waals surface area (Å²) in [7, 11) is 0. The van der Waals surface area contributed by atoms with E-state index in [1.165, 1.54) is 16.9 Å². The third-order valence-corrected chi connectivity index (χ3v) is 6.24. The summed E-state index contributed by atoms with van der Waals surface area (Å²) in [5.74, 6) is -0.713. The lowest BCUT2D eigenvalue weighted by atomic mass is 10.1. The van der Waals surface area contributed by atoms with E-state index in [0.29, 0.717) is 22.0 Å². The number of nitrogens with zero attached hydrogens (tertiary/aromatic N) is 2. The molecule has 36 heavy (non-hydrogen) atoms. The first-order valence-electron chi connectivity index (χ1n) is 12.0. The number of hydrogen-bond donors (Lipinski definition) is 3. The van der Waals surface area contributed by atoms with E-state index in [1.54, 1.807) is 30.5 Å². The van der Waals surface area contributed by atoms with Crippen molar-refractivity contribution in [1.29, 1.82) is 0 Å². The Morgan fingerprint density at radius 3 is 2.28 bits per heavy atom. The summed E-state index contributed by atoms with van der Waals surface area (Å²) in [5.41, 5.74) is 4.49. The molecule has 0 bridgehead atoms. The van der Waals surface area contributed by atoms with Gasteiger partial charge in [0.1, 0.15) is 5.69 Å². The molecule has 2 aromatic heterocycles. The van der Waals surface area contributed by atoms with E-state index in [0.717, 1.165) is 30.7 Å². The Labute approximate surface area is 215 Å². The van der Waals surface area contributed by atoms with Crippen molar-refractivity contribution in [1.82, 2.24) is 20.6 Å². The lowest BCUT2D eigenvalue weighted by molar-refractivity contribution is -0.120. The summed E-state index contributed by atoms with van der Waals surface area (Å²) in [4.78, 5) is 45.6. The molecule has 1 aliphatic rings. The fourth-order valence-electron chi connectivity index (χ4n) is 3.59. The molecule has 8 nitrogen and oxygen atoms in total. The highest BCUT2D eigenvalue weighted by Crippen LogP contribution is 2.24. The smallest absolute Gasteiger partial charge is 0.257 e. The van der Waals surface area contributed by atoms with Crippen LogP contribution in [0.3, 0.4) is 0 Å². The molecule has 9 heteroatoms. The number of carbonyl (C=O) groups is 3. The van der Waals surface area contributed by atoms with E-state index in [1.807, 2.05) is 44.4 Å². The summed E-state index contributed by atoms with van der Waals surface area (Å²) < 4.78 is 0. The van der Waals surface area contributed by atoms with Gasteiger partial charge in [0, 0.05) is 41.4 Å². The number of benzene rings is 1. The van der Waals surface area contributed by atoms with Gasteiger partial charge in [0.15, 0.2) is 5.13 Å².